The lowest BCUT2D eigenvalue weighted by atomic mass is 9.84. The number of amides is 1. The summed E-state index contributed by atoms with van der Waals surface area (Å²) in [4.78, 5) is 18.8. The summed E-state index contributed by atoms with van der Waals surface area (Å²) in [5, 5.41) is 9.56. The number of aromatic nitrogens is 1. The van der Waals surface area contributed by atoms with Gasteiger partial charge < -0.3 is 19.5 Å². The van der Waals surface area contributed by atoms with Crippen LogP contribution in [0.1, 0.15) is 34.6 Å². The van der Waals surface area contributed by atoms with Crippen molar-refractivity contribution in [3.8, 4) is 5.75 Å². The molecule has 2 aromatic rings. The zero-order valence-electron chi connectivity index (χ0n) is 15.4. The number of pyridine rings is 1. The number of ether oxygens (including phenoxy) is 2. The lowest BCUT2D eigenvalue weighted by Crippen LogP contribution is -2.67. The van der Waals surface area contributed by atoms with Crippen LogP contribution in [0.5, 0.6) is 5.75 Å². The minimum Gasteiger partial charge on any atom is -0.508 e. The van der Waals surface area contributed by atoms with Crippen molar-refractivity contribution in [3.63, 3.8) is 0 Å². The molecule has 4 rings (SSSR count). The molecule has 0 aliphatic carbocycles. The van der Waals surface area contributed by atoms with Gasteiger partial charge in [-0.3, -0.25) is 9.78 Å². The Morgan fingerprint density at radius 2 is 2.15 bits per heavy atom. The molecule has 2 fully saturated rings. The van der Waals surface area contributed by atoms with Gasteiger partial charge in [-0.15, -0.1) is 0 Å². The standard InChI is InChI=1S/C21H24N2O4/c1-15-4-2-6-17(22-15)12-26-19-8-9-27-21(11-19)13-23(14-21)20(25)16-5-3-7-18(24)10-16/h2-7,10,19,24H,8-9,11-14H2,1H3/t19-/m0/s1. The van der Waals surface area contributed by atoms with Crippen molar-refractivity contribution in [3.05, 3.63) is 59.4 Å². The number of aromatic hydroxyl groups is 1. The molecular weight excluding hydrogens is 344 g/mol. The highest BCUT2D eigenvalue weighted by molar-refractivity contribution is 5.95. The highest BCUT2D eigenvalue weighted by Crippen LogP contribution is 2.36. The molecule has 1 aromatic carbocycles. The second kappa shape index (κ2) is 7.29. The molecule has 0 unspecified atom stereocenters. The Kier molecular flexibility index (Phi) is 4.85. The summed E-state index contributed by atoms with van der Waals surface area (Å²) in [5.41, 5.74) is 2.11. The van der Waals surface area contributed by atoms with Gasteiger partial charge in [-0.25, -0.2) is 0 Å². The molecule has 142 valence electrons. The molecule has 2 saturated heterocycles. The van der Waals surface area contributed by atoms with E-state index in [9.17, 15) is 9.90 Å². The number of phenolic OH excluding ortho intramolecular Hbond substituents is 1. The van der Waals surface area contributed by atoms with Gasteiger partial charge >= 0.3 is 0 Å². The number of aryl methyl sites for hydroxylation is 1. The van der Waals surface area contributed by atoms with Gasteiger partial charge in [0.05, 0.1) is 31.5 Å². The van der Waals surface area contributed by atoms with Crippen LogP contribution in [-0.2, 0) is 16.1 Å². The van der Waals surface area contributed by atoms with Crippen LogP contribution in [0.3, 0.4) is 0 Å². The number of benzene rings is 1. The number of nitrogens with zero attached hydrogens (tertiary/aromatic N) is 2. The second-order valence-electron chi connectivity index (χ2n) is 7.44. The van der Waals surface area contributed by atoms with Crippen LogP contribution in [0.25, 0.3) is 0 Å². The van der Waals surface area contributed by atoms with Gasteiger partial charge in [0, 0.05) is 24.3 Å². The molecule has 0 radical (unpaired) electrons. The smallest absolute Gasteiger partial charge is 0.254 e. The third-order valence-electron chi connectivity index (χ3n) is 5.20. The average molecular weight is 368 g/mol. The fraction of sp³-hybridized carbons (Fsp3) is 0.429. The molecule has 27 heavy (non-hydrogen) atoms. The van der Waals surface area contributed by atoms with E-state index in [0.29, 0.717) is 31.9 Å². The Bertz CT molecular complexity index is 832. The van der Waals surface area contributed by atoms with Crippen molar-refractivity contribution in [2.24, 2.45) is 0 Å². The highest BCUT2D eigenvalue weighted by Gasteiger charge is 2.49. The number of hydrogen-bond acceptors (Lipinski definition) is 5. The summed E-state index contributed by atoms with van der Waals surface area (Å²) < 4.78 is 12.1. The van der Waals surface area contributed by atoms with Crippen LogP contribution in [0.4, 0.5) is 0 Å². The maximum Gasteiger partial charge on any atom is 0.254 e. The average Bonchev–Trinajstić information content (AvgIpc) is 2.64. The highest BCUT2D eigenvalue weighted by atomic mass is 16.5. The van der Waals surface area contributed by atoms with E-state index in [4.69, 9.17) is 9.47 Å². The first kappa shape index (κ1) is 17.9. The minimum absolute atomic E-state index is 0.0767. The van der Waals surface area contributed by atoms with Gasteiger partial charge in [0.1, 0.15) is 11.4 Å². The SMILES string of the molecule is Cc1cccc(CO[C@H]2CCOC3(C2)CN(C(=O)c2cccc(O)c2)C3)n1. The van der Waals surface area contributed by atoms with Gasteiger partial charge in [0.15, 0.2) is 0 Å². The molecule has 1 N–H and O–H groups in total. The van der Waals surface area contributed by atoms with Crippen LogP contribution in [0, 0.1) is 6.92 Å². The molecule has 0 bridgehead atoms. The number of carbonyl (C=O) groups excluding carboxylic acids is 1. The Labute approximate surface area is 158 Å². The summed E-state index contributed by atoms with van der Waals surface area (Å²) in [6.45, 7) is 4.22. The lowest BCUT2D eigenvalue weighted by Gasteiger charge is -2.53. The first-order valence-electron chi connectivity index (χ1n) is 9.29. The van der Waals surface area contributed by atoms with Gasteiger partial charge in [-0.1, -0.05) is 12.1 Å². The molecule has 3 heterocycles. The van der Waals surface area contributed by atoms with Crippen molar-refractivity contribution >= 4 is 5.91 Å². The summed E-state index contributed by atoms with van der Waals surface area (Å²) in [6, 6.07) is 12.4. The first-order chi connectivity index (χ1) is 13.0. The predicted molar refractivity (Wildman–Crippen MR) is 99.5 cm³/mol. The Morgan fingerprint density at radius 3 is 2.93 bits per heavy atom. The molecule has 1 aromatic heterocycles. The fourth-order valence-electron chi connectivity index (χ4n) is 3.84. The van der Waals surface area contributed by atoms with Crippen LogP contribution in [0.15, 0.2) is 42.5 Å². The molecule has 1 atom stereocenters. The van der Waals surface area contributed by atoms with Crippen LogP contribution >= 0.6 is 0 Å². The maximum absolute atomic E-state index is 12.5. The van der Waals surface area contributed by atoms with E-state index < -0.39 is 0 Å². The van der Waals surface area contributed by atoms with E-state index in [2.05, 4.69) is 4.98 Å². The summed E-state index contributed by atoms with van der Waals surface area (Å²) >= 11 is 0. The Balaban J connectivity index is 1.32. The van der Waals surface area contributed by atoms with Gasteiger partial charge in [0.25, 0.3) is 5.91 Å². The molecule has 6 nitrogen and oxygen atoms in total. The fourth-order valence-corrected chi connectivity index (χ4v) is 3.84. The van der Waals surface area contributed by atoms with Gasteiger partial charge in [-0.05, 0) is 43.7 Å². The molecule has 2 aliphatic heterocycles. The van der Waals surface area contributed by atoms with Crippen molar-refractivity contribution < 1.29 is 19.4 Å². The van der Waals surface area contributed by atoms with E-state index in [1.54, 1.807) is 23.1 Å². The van der Waals surface area contributed by atoms with E-state index in [0.717, 1.165) is 24.2 Å². The predicted octanol–water partition coefficient (Wildman–Crippen LogP) is 2.69. The van der Waals surface area contributed by atoms with E-state index in [1.165, 1.54) is 6.07 Å². The van der Waals surface area contributed by atoms with E-state index >= 15 is 0 Å². The summed E-state index contributed by atoms with van der Waals surface area (Å²) in [7, 11) is 0. The largest absolute Gasteiger partial charge is 0.508 e. The second-order valence-corrected chi connectivity index (χ2v) is 7.44. The van der Waals surface area contributed by atoms with Crippen molar-refractivity contribution in [1.29, 1.82) is 0 Å². The molecule has 0 saturated carbocycles. The minimum atomic E-state index is -0.310. The number of phenols is 1. The zero-order valence-corrected chi connectivity index (χ0v) is 15.4. The van der Waals surface area contributed by atoms with E-state index in [-0.39, 0.29) is 23.4 Å². The molecule has 1 spiro atoms. The number of hydrogen-bond donors (Lipinski definition) is 1. The first-order valence-corrected chi connectivity index (χ1v) is 9.29. The van der Waals surface area contributed by atoms with Crippen molar-refractivity contribution in [2.75, 3.05) is 19.7 Å². The number of carbonyl (C=O) groups is 1. The van der Waals surface area contributed by atoms with E-state index in [1.807, 2.05) is 25.1 Å². The molecule has 1 amide bonds. The van der Waals surface area contributed by atoms with Crippen LogP contribution < -0.4 is 0 Å². The maximum atomic E-state index is 12.5. The molecular formula is C21H24N2O4. The lowest BCUT2D eigenvalue weighted by molar-refractivity contribution is -0.188. The van der Waals surface area contributed by atoms with Crippen molar-refractivity contribution in [2.45, 2.75) is 38.1 Å². The summed E-state index contributed by atoms with van der Waals surface area (Å²) in [6.07, 6.45) is 1.75. The Morgan fingerprint density at radius 1 is 1.33 bits per heavy atom. The van der Waals surface area contributed by atoms with Crippen LogP contribution in [-0.4, -0.2) is 52.3 Å². The quantitative estimate of drug-likeness (QED) is 0.898. The topological polar surface area (TPSA) is 71.9 Å². The van der Waals surface area contributed by atoms with Crippen LogP contribution in [0.2, 0.25) is 0 Å². The number of likely N-dealkylation sites (tertiary alicyclic amines) is 1. The van der Waals surface area contributed by atoms with Gasteiger partial charge in [0.2, 0.25) is 0 Å². The number of rotatable bonds is 4. The van der Waals surface area contributed by atoms with Gasteiger partial charge in [-0.2, -0.15) is 0 Å². The molecule has 6 heteroatoms. The third-order valence-corrected chi connectivity index (χ3v) is 5.20. The van der Waals surface area contributed by atoms with Crippen molar-refractivity contribution in [1.82, 2.24) is 9.88 Å². The third kappa shape index (κ3) is 3.96. The Hall–Kier alpha value is -2.44. The molecule has 2 aliphatic rings. The normalized spacial score (nSPS) is 21.1. The summed E-state index contributed by atoms with van der Waals surface area (Å²) in [5.74, 6) is 0.0235. The monoisotopic (exact) mass is 368 g/mol. The zero-order chi connectivity index (χ0) is 18.9.